The molecule has 0 saturated carbocycles. The van der Waals surface area contributed by atoms with E-state index in [9.17, 15) is 9.59 Å². The van der Waals surface area contributed by atoms with E-state index in [1.165, 1.54) is 7.11 Å². The molecule has 9 nitrogen and oxygen atoms in total. The Morgan fingerprint density at radius 1 is 1.18 bits per heavy atom. The summed E-state index contributed by atoms with van der Waals surface area (Å²) in [6, 6.07) is 11.7. The van der Waals surface area contributed by atoms with E-state index in [1.807, 2.05) is 0 Å². The number of halogens is 1. The van der Waals surface area contributed by atoms with Gasteiger partial charge in [-0.2, -0.15) is 15.4 Å². The van der Waals surface area contributed by atoms with Crippen LogP contribution in [0.5, 0.6) is 11.5 Å². The summed E-state index contributed by atoms with van der Waals surface area (Å²) in [6.45, 7) is -0.253. The third kappa shape index (κ3) is 4.21. The number of hydrogen-bond donors (Lipinski definition) is 3. The topological polar surface area (TPSA) is 132 Å². The molecule has 10 heteroatoms. The summed E-state index contributed by atoms with van der Waals surface area (Å²) in [6.07, 6.45) is 0. The first kappa shape index (κ1) is 19.2. The zero-order valence-electron chi connectivity index (χ0n) is 14.7. The number of benzene rings is 2. The number of rotatable bonds is 7. The minimum absolute atomic E-state index is 0.00911. The van der Waals surface area contributed by atoms with Crippen LogP contribution in [-0.2, 0) is 4.79 Å². The van der Waals surface area contributed by atoms with Crippen molar-refractivity contribution < 1.29 is 19.1 Å². The molecule has 0 atom stereocenters. The van der Waals surface area contributed by atoms with E-state index >= 15 is 0 Å². The van der Waals surface area contributed by atoms with Gasteiger partial charge >= 0.3 is 0 Å². The second kappa shape index (κ2) is 8.40. The fraction of sp³-hybridized carbons (Fsp3) is 0.111. The number of carbonyl (C=O) groups is 2. The Morgan fingerprint density at radius 2 is 1.96 bits per heavy atom. The van der Waals surface area contributed by atoms with Gasteiger partial charge in [0.25, 0.3) is 11.8 Å². The number of ether oxygens (including phenoxy) is 2. The summed E-state index contributed by atoms with van der Waals surface area (Å²) in [5.41, 5.74) is 6.61. The van der Waals surface area contributed by atoms with E-state index in [2.05, 4.69) is 20.7 Å². The number of aromatic amines is 1. The van der Waals surface area contributed by atoms with Crippen LogP contribution in [0.4, 0.5) is 5.69 Å². The second-order valence-corrected chi connectivity index (χ2v) is 5.97. The molecular weight excluding hydrogens is 386 g/mol. The zero-order chi connectivity index (χ0) is 20.1. The molecule has 28 heavy (non-hydrogen) atoms. The SMILES string of the molecule is COc1cc(-c2n[nH]nc2C(N)=O)ccc1OCC(=O)Nc1ccccc1Cl. The smallest absolute Gasteiger partial charge is 0.271 e. The molecule has 0 aliphatic carbocycles. The Morgan fingerprint density at radius 3 is 2.68 bits per heavy atom. The number of hydrogen-bond acceptors (Lipinski definition) is 6. The van der Waals surface area contributed by atoms with E-state index in [-0.39, 0.29) is 23.9 Å². The molecule has 0 saturated heterocycles. The monoisotopic (exact) mass is 401 g/mol. The van der Waals surface area contributed by atoms with Crippen LogP contribution in [0.15, 0.2) is 42.5 Å². The maximum absolute atomic E-state index is 12.1. The molecule has 0 unspecified atom stereocenters. The van der Waals surface area contributed by atoms with Crippen molar-refractivity contribution in [2.24, 2.45) is 5.73 Å². The molecule has 0 bridgehead atoms. The fourth-order valence-electron chi connectivity index (χ4n) is 2.43. The van der Waals surface area contributed by atoms with Crippen LogP contribution < -0.4 is 20.5 Å². The van der Waals surface area contributed by atoms with Crippen molar-refractivity contribution in [1.82, 2.24) is 15.4 Å². The third-order valence-corrected chi connectivity index (χ3v) is 4.05. The lowest BCUT2D eigenvalue weighted by atomic mass is 10.1. The van der Waals surface area contributed by atoms with Crippen LogP contribution >= 0.6 is 11.6 Å². The van der Waals surface area contributed by atoms with Gasteiger partial charge in [0, 0.05) is 5.56 Å². The maximum atomic E-state index is 12.1. The predicted octanol–water partition coefficient (Wildman–Crippen LogP) is 2.25. The number of anilines is 1. The van der Waals surface area contributed by atoms with Crippen molar-refractivity contribution in [3.8, 4) is 22.8 Å². The number of H-pyrrole nitrogens is 1. The summed E-state index contributed by atoms with van der Waals surface area (Å²) in [4.78, 5) is 23.5. The van der Waals surface area contributed by atoms with Crippen LogP contribution in [0.25, 0.3) is 11.3 Å². The number of aromatic nitrogens is 3. The van der Waals surface area contributed by atoms with Crippen molar-refractivity contribution in [3.63, 3.8) is 0 Å². The first-order chi connectivity index (χ1) is 13.5. The number of nitrogens with one attached hydrogen (secondary N) is 2. The lowest BCUT2D eigenvalue weighted by molar-refractivity contribution is -0.118. The predicted molar refractivity (Wildman–Crippen MR) is 102 cm³/mol. The van der Waals surface area contributed by atoms with Gasteiger partial charge in [0.15, 0.2) is 23.8 Å². The van der Waals surface area contributed by atoms with E-state index < -0.39 is 5.91 Å². The van der Waals surface area contributed by atoms with Gasteiger partial charge in [-0.1, -0.05) is 23.7 Å². The first-order valence-electron chi connectivity index (χ1n) is 8.05. The van der Waals surface area contributed by atoms with Gasteiger partial charge in [-0.05, 0) is 30.3 Å². The molecule has 1 heterocycles. The summed E-state index contributed by atoms with van der Waals surface area (Å²) in [5.74, 6) is -0.405. The van der Waals surface area contributed by atoms with Crippen molar-refractivity contribution >= 4 is 29.1 Å². The summed E-state index contributed by atoms with van der Waals surface area (Å²) in [5, 5.41) is 13.1. The van der Waals surface area contributed by atoms with E-state index in [1.54, 1.807) is 42.5 Å². The van der Waals surface area contributed by atoms with Crippen molar-refractivity contribution in [2.45, 2.75) is 0 Å². The Hall–Kier alpha value is -3.59. The van der Waals surface area contributed by atoms with Crippen LogP contribution in [-0.4, -0.2) is 40.9 Å². The van der Waals surface area contributed by atoms with Crippen LogP contribution in [0, 0.1) is 0 Å². The van der Waals surface area contributed by atoms with Gasteiger partial charge in [0.2, 0.25) is 0 Å². The average molecular weight is 402 g/mol. The van der Waals surface area contributed by atoms with Gasteiger partial charge < -0.3 is 20.5 Å². The molecule has 2 aromatic carbocycles. The Kier molecular flexibility index (Phi) is 5.75. The van der Waals surface area contributed by atoms with Gasteiger partial charge in [0.05, 0.1) is 17.8 Å². The summed E-state index contributed by atoms with van der Waals surface area (Å²) < 4.78 is 10.8. The molecular formula is C18H16ClN5O4. The number of primary amides is 1. The molecule has 3 rings (SSSR count). The van der Waals surface area contributed by atoms with Gasteiger partial charge in [-0.3, -0.25) is 9.59 Å². The Bertz CT molecular complexity index is 1020. The number of carbonyl (C=O) groups excluding carboxylic acids is 2. The molecule has 144 valence electrons. The van der Waals surface area contributed by atoms with Crippen LogP contribution in [0.2, 0.25) is 5.02 Å². The standard InChI is InChI=1S/C18H16ClN5O4/c1-27-14-8-10(16-17(18(20)26)23-24-22-16)6-7-13(14)28-9-15(25)21-12-5-3-2-4-11(12)19/h2-8H,9H2,1H3,(H2,20,26)(H,21,25)(H,22,23,24). The molecule has 0 aliphatic rings. The first-order valence-corrected chi connectivity index (χ1v) is 8.43. The third-order valence-electron chi connectivity index (χ3n) is 3.73. The lowest BCUT2D eigenvalue weighted by Gasteiger charge is -2.12. The van der Waals surface area contributed by atoms with Crippen molar-refractivity contribution in [3.05, 3.63) is 53.2 Å². The average Bonchev–Trinajstić information content (AvgIpc) is 3.18. The second-order valence-electron chi connectivity index (χ2n) is 5.57. The van der Waals surface area contributed by atoms with E-state index in [0.29, 0.717) is 27.8 Å². The van der Waals surface area contributed by atoms with E-state index in [4.69, 9.17) is 26.8 Å². The number of methoxy groups -OCH3 is 1. The van der Waals surface area contributed by atoms with Crippen molar-refractivity contribution in [2.75, 3.05) is 19.0 Å². The molecule has 0 spiro atoms. The summed E-state index contributed by atoms with van der Waals surface area (Å²) in [7, 11) is 1.45. The lowest BCUT2D eigenvalue weighted by Crippen LogP contribution is -2.20. The number of nitrogens with zero attached hydrogens (tertiary/aromatic N) is 2. The highest BCUT2D eigenvalue weighted by molar-refractivity contribution is 6.33. The molecule has 0 aliphatic heterocycles. The van der Waals surface area contributed by atoms with Crippen LogP contribution in [0.1, 0.15) is 10.5 Å². The molecule has 0 radical (unpaired) electrons. The maximum Gasteiger partial charge on any atom is 0.271 e. The molecule has 2 amide bonds. The number of amides is 2. The molecule has 4 N–H and O–H groups in total. The van der Waals surface area contributed by atoms with Crippen molar-refractivity contribution in [1.29, 1.82) is 0 Å². The highest BCUT2D eigenvalue weighted by Crippen LogP contribution is 2.32. The number of nitrogens with two attached hydrogens (primary N) is 1. The molecule has 3 aromatic rings. The molecule has 1 aromatic heterocycles. The Balaban J connectivity index is 1.72. The minimum atomic E-state index is -0.709. The minimum Gasteiger partial charge on any atom is -0.493 e. The van der Waals surface area contributed by atoms with Gasteiger partial charge in [0.1, 0.15) is 5.69 Å². The highest BCUT2D eigenvalue weighted by atomic mass is 35.5. The normalized spacial score (nSPS) is 10.4. The molecule has 0 fully saturated rings. The summed E-state index contributed by atoms with van der Waals surface area (Å²) >= 11 is 6.01. The number of para-hydroxylation sites is 1. The largest absolute Gasteiger partial charge is 0.493 e. The fourth-order valence-corrected chi connectivity index (χ4v) is 2.61. The highest BCUT2D eigenvalue weighted by Gasteiger charge is 2.17. The Labute approximate surface area is 164 Å². The zero-order valence-corrected chi connectivity index (χ0v) is 15.5. The van der Waals surface area contributed by atoms with Crippen LogP contribution in [0.3, 0.4) is 0 Å². The quantitative estimate of drug-likeness (QED) is 0.556. The van der Waals surface area contributed by atoms with Gasteiger partial charge in [-0.25, -0.2) is 0 Å². The van der Waals surface area contributed by atoms with Gasteiger partial charge in [-0.15, -0.1) is 0 Å². The van der Waals surface area contributed by atoms with E-state index in [0.717, 1.165) is 0 Å².